The summed E-state index contributed by atoms with van der Waals surface area (Å²) in [5.74, 6) is -1.28. The van der Waals surface area contributed by atoms with E-state index in [2.05, 4.69) is 32.6 Å². The van der Waals surface area contributed by atoms with Gasteiger partial charge >= 0.3 is 12.1 Å². The van der Waals surface area contributed by atoms with E-state index in [0.29, 0.717) is 0 Å². The molecule has 2 N–H and O–H groups in total. The van der Waals surface area contributed by atoms with Crippen molar-refractivity contribution in [2.75, 3.05) is 11.9 Å². The molecule has 8 heteroatoms. The number of ether oxygens (including phenoxy) is 1. The van der Waals surface area contributed by atoms with Crippen molar-refractivity contribution in [3.05, 3.63) is 38.8 Å². The monoisotopic (exact) mass is 367 g/mol. The molecule has 0 spiro atoms. The zero-order valence-corrected chi connectivity index (χ0v) is 12.5. The SMILES string of the molecule is C=CCOC(=O)Nc1c(C(=O)O)cc(Cl)c(Br)c1Cl. The first-order valence-corrected chi connectivity index (χ1v) is 6.38. The number of anilines is 1. The van der Waals surface area contributed by atoms with Crippen LogP contribution in [0.2, 0.25) is 10.0 Å². The molecule has 0 aromatic heterocycles. The number of halogens is 3. The van der Waals surface area contributed by atoms with Crippen LogP contribution in [-0.4, -0.2) is 23.8 Å². The Balaban J connectivity index is 3.17. The maximum Gasteiger partial charge on any atom is 0.412 e. The van der Waals surface area contributed by atoms with E-state index in [9.17, 15) is 9.59 Å². The summed E-state index contributed by atoms with van der Waals surface area (Å²) in [6.45, 7) is 3.37. The molecule has 0 radical (unpaired) electrons. The number of hydrogen-bond donors (Lipinski definition) is 2. The molecular formula is C11H8BrCl2NO4. The van der Waals surface area contributed by atoms with Gasteiger partial charge in [0.15, 0.2) is 0 Å². The van der Waals surface area contributed by atoms with Gasteiger partial charge in [0.1, 0.15) is 6.61 Å². The quantitative estimate of drug-likeness (QED) is 0.617. The molecule has 0 saturated heterocycles. The molecule has 0 fully saturated rings. The molecule has 1 rings (SSSR count). The normalized spacial score (nSPS) is 9.84. The second-order valence-electron chi connectivity index (χ2n) is 3.23. The van der Waals surface area contributed by atoms with Gasteiger partial charge in [-0.05, 0) is 22.0 Å². The highest BCUT2D eigenvalue weighted by molar-refractivity contribution is 9.10. The van der Waals surface area contributed by atoms with Crippen LogP contribution in [0.1, 0.15) is 10.4 Å². The molecule has 0 aliphatic heterocycles. The Kier molecular flexibility index (Phi) is 5.65. The summed E-state index contributed by atoms with van der Waals surface area (Å²) < 4.78 is 4.96. The van der Waals surface area contributed by atoms with Crippen molar-refractivity contribution < 1.29 is 19.4 Å². The maximum atomic E-state index is 11.4. The molecular weight excluding hydrogens is 361 g/mol. The molecule has 0 saturated carbocycles. The number of hydrogen-bond acceptors (Lipinski definition) is 3. The van der Waals surface area contributed by atoms with Crippen LogP contribution in [0.3, 0.4) is 0 Å². The van der Waals surface area contributed by atoms with Crippen LogP contribution >= 0.6 is 39.1 Å². The minimum Gasteiger partial charge on any atom is -0.478 e. The van der Waals surface area contributed by atoms with E-state index in [0.717, 1.165) is 0 Å². The number of aromatic carboxylic acids is 1. The zero-order valence-electron chi connectivity index (χ0n) is 9.37. The molecule has 0 atom stereocenters. The van der Waals surface area contributed by atoms with E-state index in [1.54, 1.807) is 0 Å². The summed E-state index contributed by atoms with van der Waals surface area (Å²) in [7, 11) is 0. The van der Waals surface area contributed by atoms with Crippen LogP contribution in [0, 0.1) is 0 Å². The second-order valence-corrected chi connectivity index (χ2v) is 4.80. The standard InChI is InChI=1S/C11H8BrCl2NO4/c1-2-3-19-11(18)15-9-5(10(16)17)4-6(13)7(12)8(9)14/h2,4H,1,3H2,(H,15,18)(H,16,17). The van der Waals surface area contributed by atoms with E-state index in [1.807, 2.05) is 0 Å². The van der Waals surface area contributed by atoms with Crippen LogP contribution in [0.25, 0.3) is 0 Å². The molecule has 102 valence electrons. The van der Waals surface area contributed by atoms with Gasteiger partial charge in [0.25, 0.3) is 0 Å². The number of carboxylic acid groups (broad SMARTS) is 1. The van der Waals surface area contributed by atoms with Gasteiger partial charge in [-0.15, -0.1) is 0 Å². The first-order valence-electron chi connectivity index (χ1n) is 4.84. The van der Waals surface area contributed by atoms with Gasteiger partial charge in [-0.1, -0.05) is 35.9 Å². The molecule has 0 unspecified atom stereocenters. The molecule has 0 bridgehead atoms. The number of carbonyl (C=O) groups is 2. The van der Waals surface area contributed by atoms with Crippen molar-refractivity contribution >= 4 is 56.9 Å². The van der Waals surface area contributed by atoms with Crippen molar-refractivity contribution in [1.29, 1.82) is 0 Å². The lowest BCUT2D eigenvalue weighted by molar-refractivity contribution is 0.0698. The van der Waals surface area contributed by atoms with Crippen LogP contribution < -0.4 is 5.32 Å². The Hall–Kier alpha value is -1.24. The number of benzene rings is 1. The van der Waals surface area contributed by atoms with Gasteiger partial charge in [0.2, 0.25) is 0 Å². The van der Waals surface area contributed by atoms with Crippen molar-refractivity contribution in [2.24, 2.45) is 0 Å². The van der Waals surface area contributed by atoms with E-state index in [1.165, 1.54) is 12.1 Å². The maximum absolute atomic E-state index is 11.4. The molecule has 1 aromatic rings. The minimum atomic E-state index is -1.28. The number of carbonyl (C=O) groups excluding carboxylic acids is 1. The zero-order chi connectivity index (χ0) is 14.6. The van der Waals surface area contributed by atoms with Gasteiger partial charge in [-0.3, -0.25) is 5.32 Å². The summed E-state index contributed by atoms with van der Waals surface area (Å²) in [5.41, 5.74) is -0.340. The Morgan fingerprint density at radius 1 is 1.53 bits per heavy atom. The van der Waals surface area contributed by atoms with E-state index in [-0.39, 0.29) is 32.4 Å². The Morgan fingerprint density at radius 3 is 2.68 bits per heavy atom. The third-order valence-electron chi connectivity index (χ3n) is 1.95. The molecule has 0 aliphatic carbocycles. The third kappa shape index (κ3) is 3.86. The smallest absolute Gasteiger partial charge is 0.412 e. The highest BCUT2D eigenvalue weighted by atomic mass is 79.9. The highest BCUT2D eigenvalue weighted by Crippen LogP contribution is 2.39. The average Bonchev–Trinajstić information content (AvgIpc) is 2.36. The predicted octanol–water partition coefficient (Wildman–Crippen LogP) is 4.19. The fourth-order valence-corrected chi connectivity index (χ4v) is 1.97. The molecule has 1 amide bonds. The Labute approximate surface area is 127 Å². The van der Waals surface area contributed by atoms with Gasteiger partial charge in [-0.25, -0.2) is 9.59 Å². The third-order valence-corrected chi connectivity index (χ3v) is 3.91. The lowest BCUT2D eigenvalue weighted by Gasteiger charge is -2.12. The van der Waals surface area contributed by atoms with Crippen LogP contribution in [0.5, 0.6) is 0 Å². The average molecular weight is 369 g/mol. The fourth-order valence-electron chi connectivity index (χ4n) is 1.16. The molecule has 19 heavy (non-hydrogen) atoms. The topological polar surface area (TPSA) is 75.6 Å². The summed E-state index contributed by atoms with van der Waals surface area (Å²) in [6.07, 6.45) is 0.524. The van der Waals surface area contributed by atoms with Crippen LogP contribution in [0.15, 0.2) is 23.2 Å². The summed E-state index contributed by atoms with van der Waals surface area (Å²) in [5, 5.41) is 11.4. The lowest BCUT2D eigenvalue weighted by atomic mass is 10.2. The second kappa shape index (κ2) is 6.79. The summed E-state index contributed by atoms with van der Waals surface area (Å²) >= 11 is 14.8. The summed E-state index contributed by atoms with van der Waals surface area (Å²) in [4.78, 5) is 22.5. The minimum absolute atomic E-state index is 0.0133. The first-order chi connectivity index (χ1) is 8.88. The number of nitrogens with one attached hydrogen (secondary N) is 1. The van der Waals surface area contributed by atoms with E-state index in [4.69, 9.17) is 28.3 Å². The highest BCUT2D eigenvalue weighted by Gasteiger charge is 2.20. The first kappa shape index (κ1) is 15.8. The lowest BCUT2D eigenvalue weighted by Crippen LogP contribution is -2.16. The van der Waals surface area contributed by atoms with Gasteiger partial charge in [0, 0.05) is 0 Å². The van der Waals surface area contributed by atoms with Crippen molar-refractivity contribution in [3.63, 3.8) is 0 Å². The Bertz CT molecular complexity index is 548. The largest absolute Gasteiger partial charge is 0.478 e. The molecule has 1 aromatic carbocycles. The van der Waals surface area contributed by atoms with E-state index < -0.39 is 12.1 Å². The number of rotatable bonds is 4. The van der Waals surface area contributed by atoms with E-state index >= 15 is 0 Å². The number of carboxylic acids is 1. The van der Waals surface area contributed by atoms with Gasteiger partial charge in [0.05, 0.1) is 25.8 Å². The number of amides is 1. The predicted molar refractivity (Wildman–Crippen MR) is 76.3 cm³/mol. The van der Waals surface area contributed by atoms with Gasteiger partial charge < -0.3 is 9.84 Å². The Morgan fingerprint density at radius 2 is 2.16 bits per heavy atom. The molecule has 5 nitrogen and oxygen atoms in total. The van der Waals surface area contributed by atoms with Crippen molar-refractivity contribution in [1.82, 2.24) is 0 Å². The van der Waals surface area contributed by atoms with Crippen molar-refractivity contribution in [3.8, 4) is 0 Å². The van der Waals surface area contributed by atoms with Crippen LogP contribution in [-0.2, 0) is 4.74 Å². The van der Waals surface area contributed by atoms with Crippen LogP contribution in [0.4, 0.5) is 10.5 Å². The fraction of sp³-hybridized carbons (Fsp3) is 0.0909. The summed E-state index contributed by atoms with van der Waals surface area (Å²) in [6, 6.07) is 1.17. The molecule has 0 aliphatic rings. The van der Waals surface area contributed by atoms with Gasteiger partial charge in [-0.2, -0.15) is 0 Å². The van der Waals surface area contributed by atoms with Crippen molar-refractivity contribution in [2.45, 2.75) is 0 Å². The molecule has 0 heterocycles.